The van der Waals surface area contributed by atoms with Crippen molar-refractivity contribution in [2.24, 2.45) is 0 Å². The third kappa shape index (κ3) is 4.67. The van der Waals surface area contributed by atoms with Crippen LogP contribution in [-0.2, 0) is 4.79 Å². The Balaban J connectivity index is 1.55. The van der Waals surface area contributed by atoms with E-state index in [1.807, 2.05) is 24.3 Å². The predicted octanol–water partition coefficient (Wildman–Crippen LogP) is 4.82. The van der Waals surface area contributed by atoms with E-state index in [1.165, 1.54) is 29.8 Å². The summed E-state index contributed by atoms with van der Waals surface area (Å²) < 4.78 is 18.3. The summed E-state index contributed by atoms with van der Waals surface area (Å²) in [6.45, 7) is 1.94. The van der Waals surface area contributed by atoms with Crippen molar-refractivity contribution < 1.29 is 13.9 Å². The number of nitrogens with one attached hydrogen (secondary N) is 1. The Morgan fingerprint density at radius 2 is 1.44 bits per heavy atom. The molecule has 0 saturated heterocycles. The highest BCUT2D eigenvalue weighted by Crippen LogP contribution is 2.22. The molecule has 0 atom stereocenters. The first-order valence-corrected chi connectivity index (χ1v) is 7.95. The zero-order valence-corrected chi connectivity index (χ0v) is 13.8. The fraction of sp³-hybridized carbons (Fsp3) is 0.0952. The Morgan fingerprint density at radius 3 is 2.04 bits per heavy atom. The molecule has 1 N–H and O–H groups in total. The van der Waals surface area contributed by atoms with E-state index in [0.29, 0.717) is 11.4 Å². The molecule has 25 heavy (non-hydrogen) atoms. The summed E-state index contributed by atoms with van der Waals surface area (Å²) in [6.07, 6.45) is 0. The molecule has 1 amide bonds. The van der Waals surface area contributed by atoms with Crippen molar-refractivity contribution in [3.63, 3.8) is 0 Å². The highest BCUT2D eigenvalue weighted by molar-refractivity contribution is 5.91. The van der Waals surface area contributed by atoms with Crippen LogP contribution in [0, 0.1) is 12.7 Å². The second-order valence-corrected chi connectivity index (χ2v) is 5.73. The van der Waals surface area contributed by atoms with Gasteiger partial charge in [0.25, 0.3) is 5.91 Å². The summed E-state index contributed by atoms with van der Waals surface area (Å²) in [7, 11) is 0. The third-order valence-corrected chi connectivity index (χ3v) is 3.74. The van der Waals surface area contributed by atoms with Crippen molar-refractivity contribution in [1.29, 1.82) is 0 Å². The van der Waals surface area contributed by atoms with E-state index in [4.69, 9.17) is 4.74 Å². The van der Waals surface area contributed by atoms with Gasteiger partial charge in [0, 0.05) is 5.69 Å². The van der Waals surface area contributed by atoms with Crippen LogP contribution in [0.2, 0.25) is 0 Å². The number of rotatable bonds is 5. The average Bonchev–Trinajstić information content (AvgIpc) is 2.63. The molecule has 3 aromatic carbocycles. The first-order chi connectivity index (χ1) is 12.1. The number of benzene rings is 3. The van der Waals surface area contributed by atoms with Crippen LogP contribution in [0.1, 0.15) is 5.56 Å². The van der Waals surface area contributed by atoms with Gasteiger partial charge in [-0.15, -0.1) is 0 Å². The molecule has 0 heterocycles. The van der Waals surface area contributed by atoms with Gasteiger partial charge in [0.1, 0.15) is 11.6 Å². The summed E-state index contributed by atoms with van der Waals surface area (Å²) in [5.41, 5.74) is 3.97. The van der Waals surface area contributed by atoms with Crippen LogP contribution >= 0.6 is 0 Å². The van der Waals surface area contributed by atoms with E-state index in [-0.39, 0.29) is 18.3 Å². The first-order valence-electron chi connectivity index (χ1n) is 7.95. The lowest BCUT2D eigenvalue weighted by Crippen LogP contribution is -2.20. The number of ether oxygens (including phenoxy) is 1. The number of hydrogen-bond acceptors (Lipinski definition) is 2. The standard InChI is InChI=1S/C21H18FNO2/c1-15-2-4-16(5-3-15)17-6-12-20(13-7-17)25-14-21(24)23-19-10-8-18(22)9-11-19/h2-13H,14H2,1H3,(H,23,24). The number of carbonyl (C=O) groups is 1. The van der Waals surface area contributed by atoms with Gasteiger partial charge in [0.2, 0.25) is 0 Å². The number of hydrogen-bond donors (Lipinski definition) is 1. The second-order valence-electron chi connectivity index (χ2n) is 5.73. The number of amides is 1. The number of halogens is 1. The molecule has 0 bridgehead atoms. The molecule has 0 spiro atoms. The Labute approximate surface area is 146 Å². The van der Waals surface area contributed by atoms with E-state index >= 15 is 0 Å². The predicted molar refractivity (Wildman–Crippen MR) is 97.1 cm³/mol. The van der Waals surface area contributed by atoms with Gasteiger partial charge in [-0.3, -0.25) is 4.79 Å². The van der Waals surface area contributed by atoms with Gasteiger partial charge in [-0.25, -0.2) is 4.39 Å². The van der Waals surface area contributed by atoms with Gasteiger partial charge in [-0.2, -0.15) is 0 Å². The van der Waals surface area contributed by atoms with Crippen LogP contribution in [-0.4, -0.2) is 12.5 Å². The maximum Gasteiger partial charge on any atom is 0.262 e. The Bertz CT molecular complexity index is 841. The molecule has 0 saturated carbocycles. The van der Waals surface area contributed by atoms with Gasteiger partial charge in [0.15, 0.2) is 6.61 Å². The van der Waals surface area contributed by atoms with Gasteiger partial charge >= 0.3 is 0 Å². The minimum atomic E-state index is -0.345. The van der Waals surface area contributed by atoms with Crippen molar-refractivity contribution in [3.8, 4) is 16.9 Å². The fourth-order valence-electron chi connectivity index (χ4n) is 2.37. The van der Waals surface area contributed by atoms with Crippen molar-refractivity contribution >= 4 is 11.6 Å². The van der Waals surface area contributed by atoms with Crippen LogP contribution in [0.15, 0.2) is 72.8 Å². The largest absolute Gasteiger partial charge is 0.484 e. The summed E-state index contributed by atoms with van der Waals surface area (Å²) >= 11 is 0. The highest BCUT2D eigenvalue weighted by Gasteiger charge is 2.05. The van der Waals surface area contributed by atoms with E-state index < -0.39 is 0 Å². The number of carbonyl (C=O) groups excluding carboxylic acids is 1. The molecule has 0 aromatic heterocycles. The van der Waals surface area contributed by atoms with Crippen molar-refractivity contribution in [3.05, 3.63) is 84.2 Å². The molecule has 0 fully saturated rings. The van der Waals surface area contributed by atoms with Gasteiger partial charge < -0.3 is 10.1 Å². The molecule has 3 aromatic rings. The van der Waals surface area contributed by atoms with Crippen LogP contribution in [0.25, 0.3) is 11.1 Å². The lowest BCUT2D eigenvalue weighted by atomic mass is 10.0. The Hall–Kier alpha value is -3.14. The first kappa shape index (κ1) is 16.7. The Kier molecular flexibility index (Phi) is 5.09. The topological polar surface area (TPSA) is 38.3 Å². The van der Waals surface area contributed by atoms with E-state index in [1.54, 1.807) is 0 Å². The summed E-state index contributed by atoms with van der Waals surface area (Å²) in [4.78, 5) is 11.9. The fourth-order valence-corrected chi connectivity index (χ4v) is 2.37. The second kappa shape index (κ2) is 7.62. The van der Waals surface area contributed by atoms with Crippen LogP contribution in [0.5, 0.6) is 5.75 Å². The quantitative estimate of drug-likeness (QED) is 0.726. The van der Waals surface area contributed by atoms with Crippen molar-refractivity contribution in [2.75, 3.05) is 11.9 Å². The van der Waals surface area contributed by atoms with E-state index in [0.717, 1.165) is 11.1 Å². The van der Waals surface area contributed by atoms with Gasteiger partial charge in [0.05, 0.1) is 0 Å². The normalized spacial score (nSPS) is 10.3. The number of aryl methyl sites for hydroxylation is 1. The zero-order chi connectivity index (χ0) is 17.6. The molecule has 4 heteroatoms. The molecular weight excluding hydrogens is 317 g/mol. The van der Waals surface area contributed by atoms with Gasteiger partial charge in [-0.05, 0) is 54.4 Å². The molecule has 126 valence electrons. The zero-order valence-electron chi connectivity index (χ0n) is 13.8. The van der Waals surface area contributed by atoms with Crippen LogP contribution in [0.3, 0.4) is 0 Å². The van der Waals surface area contributed by atoms with Crippen LogP contribution < -0.4 is 10.1 Å². The lowest BCUT2D eigenvalue weighted by Gasteiger charge is -2.08. The molecule has 0 unspecified atom stereocenters. The van der Waals surface area contributed by atoms with E-state index in [2.05, 4.69) is 36.5 Å². The monoisotopic (exact) mass is 335 g/mol. The van der Waals surface area contributed by atoms with Crippen LogP contribution in [0.4, 0.5) is 10.1 Å². The molecular formula is C21H18FNO2. The Morgan fingerprint density at radius 1 is 0.880 bits per heavy atom. The third-order valence-electron chi connectivity index (χ3n) is 3.74. The molecule has 0 aliphatic carbocycles. The number of anilines is 1. The SMILES string of the molecule is Cc1ccc(-c2ccc(OCC(=O)Nc3ccc(F)cc3)cc2)cc1. The maximum atomic E-state index is 12.8. The lowest BCUT2D eigenvalue weighted by molar-refractivity contribution is -0.118. The van der Waals surface area contributed by atoms with Gasteiger partial charge in [-0.1, -0.05) is 42.0 Å². The molecule has 0 aliphatic rings. The summed E-state index contributed by atoms with van der Waals surface area (Å²) in [5.74, 6) is -0.0257. The maximum absolute atomic E-state index is 12.8. The summed E-state index contributed by atoms with van der Waals surface area (Å²) in [5, 5.41) is 2.65. The average molecular weight is 335 g/mol. The molecule has 0 aliphatic heterocycles. The van der Waals surface area contributed by atoms with E-state index in [9.17, 15) is 9.18 Å². The highest BCUT2D eigenvalue weighted by atomic mass is 19.1. The molecule has 3 rings (SSSR count). The minimum absolute atomic E-state index is 0.110. The van der Waals surface area contributed by atoms with Crippen molar-refractivity contribution in [1.82, 2.24) is 0 Å². The van der Waals surface area contributed by atoms with Crippen molar-refractivity contribution in [2.45, 2.75) is 6.92 Å². The minimum Gasteiger partial charge on any atom is -0.484 e. The summed E-state index contributed by atoms with van der Waals surface area (Å²) in [6, 6.07) is 21.5. The smallest absolute Gasteiger partial charge is 0.262 e. The molecule has 0 radical (unpaired) electrons. The molecule has 3 nitrogen and oxygen atoms in total.